The zero-order valence-corrected chi connectivity index (χ0v) is 13.3. The van der Waals surface area contributed by atoms with Crippen molar-refractivity contribution in [3.8, 4) is 0 Å². The van der Waals surface area contributed by atoms with Gasteiger partial charge in [0.25, 0.3) is 0 Å². The molecule has 0 saturated carbocycles. The Balaban J connectivity index is 1.48. The molecule has 2 aromatic carbocycles. The molecule has 0 atom stereocenters. The van der Waals surface area contributed by atoms with Gasteiger partial charge in [-0.15, -0.1) is 0 Å². The lowest BCUT2D eigenvalue weighted by atomic mass is 10.2. The minimum Gasteiger partial charge on any atom is -0.328 e. The van der Waals surface area contributed by atoms with E-state index in [1.807, 2.05) is 36.5 Å². The fraction of sp³-hybridized carbons (Fsp3) is 0.278. The number of benzene rings is 2. The summed E-state index contributed by atoms with van der Waals surface area (Å²) >= 11 is 5.93. The quantitative estimate of drug-likeness (QED) is 0.857. The normalized spacial score (nSPS) is 16.3. The first-order valence-corrected chi connectivity index (χ1v) is 8.09. The van der Waals surface area contributed by atoms with Crippen molar-refractivity contribution in [2.75, 3.05) is 26.2 Å². The standard InChI is InChI=1S/C18H20ClN3/c19-18-8-6-17(7-9-18)15-21-10-12-22(13-11-21)20-14-16-4-2-1-3-5-16/h1-9,14H,10-13,15H2/p+1. The third kappa shape index (κ3) is 4.33. The van der Waals surface area contributed by atoms with Crippen molar-refractivity contribution in [3.05, 3.63) is 70.7 Å². The monoisotopic (exact) mass is 314 g/mol. The van der Waals surface area contributed by atoms with Gasteiger partial charge >= 0.3 is 0 Å². The number of quaternary nitrogens is 1. The van der Waals surface area contributed by atoms with Crippen LogP contribution < -0.4 is 4.90 Å². The minimum absolute atomic E-state index is 0.804. The Morgan fingerprint density at radius 2 is 1.68 bits per heavy atom. The Hall–Kier alpha value is -1.84. The van der Waals surface area contributed by atoms with Crippen LogP contribution in [0.1, 0.15) is 11.1 Å². The van der Waals surface area contributed by atoms with Crippen molar-refractivity contribution >= 4 is 17.8 Å². The highest BCUT2D eigenvalue weighted by Gasteiger charge is 2.18. The number of rotatable bonds is 4. The molecule has 2 aromatic rings. The molecular formula is C18H21ClN3+. The predicted molar refractivity (Wildman–Crippen MR) is 91.5 cm³/mol. The van der Waals surface area contributed by atoms with Crippen molar-refractivity contribution < 1.29 is 4.90 Å². The Morgan fingerprint density at radius 3 is 2.36 bits per heavy atom. The molecule has 1 aliphatic rings. The van der Waals surface area contributed by atoms with Gasteiger partial charge in [-0.25, -0.2) is 0 Å². The van der Waals surface area contributed by atoms with Gasteiger partial charge < -0.3 is 4.90 Å². The van der Waals surface area contributed by atoms with Gasteiger partial charge in [0.1, 0.15) is 6.54 Å². The second-order valence-corrected chi connectivity index (χ2v) is 6.10. The van der Waals surface area contributed by atoms with Gasteiger partial charge in [-0.2, -0.15) is 5.10 Å². The van der Waals surface area contributed by atoms with E-state index in [1.165, 1.54) is 5.56 Å². The van der Waals surface area contributed by atoms with Crippen LogP contribution in [0.2, 0.25) is 5.02 Å². The molecule has 0 unspecified atom stereocenters. The van der Waals surface area contributed by atoms with E-state index < -0.39 is 0 Å². The average Bonchev–Trinajstić information content (AvgIpc) is 2.57. The van der Waals surface area contributed by atoms with E-state index >= 15 is 0 Å². The Bertz CT molecular complexity index is 602. The van der Waals surface area contributed by atoms with E-state index in [4.69, 9.17) is 11.6 Å². The van der Waals surface area contributed by atoms with Gasteiger partial charge in [0.15, 0.2) is 0 Å². The van der Waals surface area contributed by atoms with Gasteiger partial charge in [-0.05, 0) is 17.7 Å². The van der Waals surface area contributed by atoms with Crippen LogP contribution in [0, 0.1) is 0 Å². The van der Waals surface area contributed by atoms with Crippen molar-refractivity contribution in [2.45, 2.75) is 6.54 Å². The molecule has 22 heavy (non-hydrogen) atoms. The van der Waals surface area contributed by atoms with Gasteiger partial charge in [0.05, 0.1) is 32.4 Å². The summed E-state index contributed by atoms with van der Waals surface area (Å²) in [6, 6.07) is 18.4. The van der Waals surface area contributed by atoms with Crippen LogP contribution in [-0.2, 0) is 6.54 Å². The molecule has 1 heterocycles. The minimum atomic E-state index is 0.804. The molecule has 1 aliphatic heterocycles. The van der Waals surface area contributed by atoms with Crippen LogP contribution in [0.25, 0.3) is 0 Å². The first kappa shape index (κ1) is 15.1. The van der Waals surface area contributed by atoms with Crippen molar-refractivity contribution in [1.82, 2.24) is 5.01 Å². The molecule has 0 aromatic heterocycles. The summed E-state index contributed by atoms with van der Waals surface area (Å²) in [5.41, 5.74) is 2.50. The number of halogens is 1. The Morgan fingerprint density at radius 1 is 1.00 bits per heavy atom. The Labute approximate surface area is 136 Å². The summed E-state index contributed by atoms with van der Waals surface area (Å²) in [5, 5.41) is 7.55. The molecule has 4 heteroatoms. The molecule has 3 rings (SSSR count). The highest BCUT2D eigenvalue weighted by atomic mass is 35.5. The summed E-state index contributed by atoms with van der Waals surface area (Å²) in [6.45, 7) is 5.31. The van der Waals surface area contributed by atoms with E-state index in [1.54, 1.807) is 4.90 Å². The molecule has 0 aliphatic carbocycles. The SMILES string of the molecule is Clc1ccc(C[NH+]2CCN(N=Cc3ccccc3)CC2)cc1. The highest BCUT2D eigenvalue weighted by Crippen LogP contribution is 2.08. The first-order valence-electron chi connectivity index (χ1n) is 7.71. The van der Waals surface area contributed by atoms with E-state index in [9.17, 15) is 0 Å². The molecule has 0 radical (unpaired) electrons. The lowest BCUT2D eigenvalue weighted by Crippen LogP contribution is -3.13. The number of nitrogens with one attached hydrogen (secondary N) is 1. The van der Waals surface area contributed by atoms with Crippen molar-refractivity contribution in [1.29, 1.82) is 0 Å². The number of nitrogens with zero attached hydrogens (tertiary/aromatic N) is 2. The van der Waals surface area contributed by atoms with Gasteiger partial charge in [0, 0.05) is 10.6 Å². The molecule has 114 valence electrons. The maximum Gasteiger partial charge on any atom is 0.103 e. The summed E-state index contributed by atoms with van der Waals surface area (Å²) < 4.78 is 0. The summed E-state index contributed by atoms with van der Waals surface area (Å²) in [4.78, 5) is 1.61. The smallest absolute Gasteiger partial charge is 0.103 e. The van der Waals surface area contributed by atoms with Crippen LogP contribution in [0.3, 0.4) is 0 Å². The van der Waals surface area contributed by atoms with Crippen LogP contribution in [0.4, 0.5) is 0 Å². The first-order chi connectivity index (χ1) is 10.8. The second-order valence-electron chi connectivity index (χ2n) is 5.66. The zero-order chi connectivity index (χ0) is 15.2. The predicted octanol–water partition coefficient (Wildman–Crippen LogP) is 2.07. The summed E-state index contributed by atoms with van der Waals surface area (Å²) in [6.07, 6.45) is 1.95. The number of hydrogen-bond donors (Lipinski definition) is 1. The second kappa shape index (κ2) is 7.43. The fourth-order valence-corrected chi connectivity index (χ4v) is 2.81. The molecule has 1 N–H and O–H groups in total. The van der Waals surface area contributed by atoms with Crippen LogP contribution in [0.5, 0.6) is 0 Å². The third-order valence-corrected chi connectivity index (χ3v) is 4.24. The molecule has 1 fully saturated rings. The van der Waals surface area contributed by atoms with E-state index in [0.717, 1.165) is 43.3 Å². The summed E-state index contributed by atoms with van der Waals surface area (Å²) in [7, 11) is 0. The highest BCUT2D eigenvalue weighted by molar-refractivity contribution is 6.30. The molecule has 0 amide bonds. The average molecular weight is 315 g/mol. The van der Waals surface area contributed by atoms with E-state index in [2.05, 4.69) is 34.4 Å². The lowest BCUT2D eigenvalue weighted by Gasteiger charge is -2.30. The van der Waals surface area contributed by atoms with Crippen LogP contribution in [-0.4, -0.2) is 37.4 Å². The Kier molecular flexibility index (Phi) is 5.09. The van der Waals surface area contributed by atoms with Gasteiger partial charge in [-0.3, -0.25) is 5.01 Å². The molecular weight excluding hydrogens is 294 g/mol. The topological polar surface area (TPSA) is 20.0 Å². The largest absolute Gasteiger partial charge is 0.328 e. The van der Waals surface area contributed by atoms with E-state index in [0.29, 0.717) is 0 Å². The van der Waals surface area contributed by atoms with Gasteiger partial charge in [-0.1, -0.05) is 54.1 Å². The van der Waals surface area contributed by atoms with Crippen molar-refractivity contribution in [2.24, 2.45) is 5.10 Å². The molecule has 3 nitrogen and oxygen atoms in total. The molecule has 0 spiro atoms. The van der Waals surface area contributed by atoms with Gasteiger partial charge in [0.2, 0.25) is 0 Å². The van der Waals surface area contributed by atoms with E-state index in [-0.39, 0.29) is 0 Å². The fourth-order valence-electron chi connectivity index (χ4n) is 2.68. The summed E-state index contributed by atoms with van der Waals surface area (Å²) in [5.74, 6) is 0. The number of hydrazone groups is 1. The third-order valence-electron chi connectivity index (χ3n) is 3.98. The maximum absolute atomic E-state index is 5.93. The van der Waals surface area contributed by atoms with Crippen LogP contribution >= 0.6 is 11.6 Å². The van der Waals surface area contributed by atoms with Crippen molar-refractivity contribution in [3.63, 3.8) is 0 Å². The lowest BCUT2D eigenvalue weighted by molar-refractivity contribution is -0.918. The molecule has 0 bridgehead atoms. The number of hydrogen-bond acceptors (Lipinski definition) is 2. The zero-order valence-electron chi connectivity index (χ0n) is 12.6. The maximum atomic E-state index is 5.93. The van der Waals surface area contributed by atoms with Crippen LogP contribution in [0.15, 0.2) is 59.7 Å². The number of piperazine rings is 1. The molecule has 1 saturated heterocycles.